The van der Waals surface area contributed by atoms with Gasteiger partial charge in [-0.05, 0) is 24.5 Å². The van der Waals surface area contributed by atoms with Crippen molar-refractivity contribution in [2.24, 2.45) is 5.10 Å². The fraction of sp³-hybridized carbons (Fsp3) is 0.222. The molecule has 118 valence electrons. The summed E-state index contributed by atoms with van der Waals surface area (Å²) in [5, 5.41) is 4.02. The van der Waals surface area contributed by atoms with Crippen LogP contribution in [-0.4, -0.2) is 18.2 Å². The van der Waals surface area contributed by atoms with Crippen molar-refractivity contribution in [2.45, 2.75) is 25.4 Å². The zero-order chi connectivity index (χ0) is 16.1. The monoisotopic (exact) mass is 308 g/mol. The standard InChI is InChI=1S/C18H20N4O/c1-13-7-9-14(10-8-13)12-19-22-18(23)17-11-16(20-21-17)15-5-3-2-4-6-15/h2-10,12,16-17,20-21H,11H2,1H3,(H,22,23)/b19-12+. The molecule has 0 radical (unpaired) electrons. The minimum Gasteiger partial charge on any atom is -0.271 e. The van der Waals surface area contributed by atoms with E-state index < -0.39 is 0 Å². The van der Waals surface area contributed by atoms with Gasteiger partial charge in [-0.3, -0.25) is 4.79 Å². The molecule has 2 aromatic rings. The van der Waals surface area contributed by atoms with Crippen molar-refractivity contribution in [1.82, 2.24) is 16.3 Å². The minimum absolute atomic E-state index is 0.132. The molecule has 1 amide bonds. The molecule has 2 unspecified atom stereocenters. The maximum absolute atomic E-state index is 12.1. The average Bonchev–Trinajstić information content (AvgIpc) is 3.07. The molecule has 1 aliphatic heterocycles. The van der Waals surface area contributed by atoms with Crippen molar-refractivity contribution in [3.8, 4) is 0 Å². The maximum Gasteiger partial charge on any atom is 0.258 e. The van der Waals surface area contributed by atoms with Crippen LogP contribution in [-0.2, 0) is 4.79 Å². The number of aryl methyl sites for hydroxylation is 1. The van der Waals surface area contributed by atoms with E-state index in [9.17, 15) is 4.79 Å². The van der Waals surface area contributed by atoms with Gasteiger partial charge in [-0.25, -0.2) is 16.3 Å². The van der Waals surface area contributed by atoms with Gasteiger partial charge in [-0.2, -0.15) is 5.10 Å². The van der Waals surface area contributed by atoms with Gasteiger partial charge in [-0.15, -0.1) is 0 Å². The largest absolute Gasteiger partial charge is 0.271 e. The predicted molar refractivity (Wildman–Crippen MR) is 90.8 cm³/mol. The Morgan fingerprint density at radius 2 is 1.87 bits per heavy atom. The number of hydrazone groups is 1. The first-order valence-corrected chi connectivity index (χ1v) is 7.68. The summed E-state index contributed by atoms with van der Waals surface area (Å²) in [6.07, 6.45) is 2.34. The fourth-order valence-corrected chi connectivity index (χ4v) is 2.53. The molecule has 3 rings (SSSR count). The number of benzene rings is 2. The maximum atomic E-state index is 12.1. The van der Waals surface area contributed by atoms with Crippen LogP contribution in [0.4, 0.5) is 0 Å². The lowest BCUT2D eigenvalue weighted by Crippen LogP contribution is -2.41. The summed E-state index contributed by atoms with van der Waals surface area (Å²) in [6.45, 7) is 2.03. The topological polar surface area (TPSA) is 65.5 Å². The number of carbonyl (C=O) groups is 1. The summed E-state index contributed by atoms with van der Waals surface area (Å²) < 4.78 is 0. The first-order chi connectivity index (χ1) is 11.2. The van der Waals surface area contributed by atoms with E-state index in [0.29, 0.717) is 6.42 Å². The number of rotatable bonds is 4. The lowest BCUT2D eigenvalue weighted by molar-refractivity contribution is -0.122. The Labute approximate surface area is 135 Å². The molecule has 23 heavy (non-hydrogen) atoms. The lowest BCUT2D eigenvalue weighted by Gasteiger charge is -2.08. The van der Waals surface area contributed by atoms with Gasteiger partial charge in [0.2, 0.25) is 0 Å². The van der Waals surface area contributed by atoms with E-state index in [-0.39, 0.29) is 18.0 Å². The molecule has 2 aromatic carbocycles. The van der Waals surface area contributed by atoms with Gasteiger partial charge in [0.05, 0.1) is 6.21 Å². The Hall–Kier alpha value is -2.50. The van der Waals surface area contributed by atoms with E-state index in [1.807, 2.05) is 49.4 Å². The van der Waals surface area contributed by atoms with Crippen molar-refractivity contribution in [2.75, 3.05) is 0 Å². The van der Waals surface area contributed by atoms with Gasteiger partial charge in [0.15, 0.2) is 0 Å². The predicted octanol–water partition coefficient (Wildman–Crippen LogP) is 2.05. The normalized spacial score (nSPS) is 20.7. The molecule has 1 saturated heterocycles. The molecule has 1 heterocycles. The molecule has 2 atom stereocenters. The van der Waals surface area contributed by atoms with Gasteiger partial charge in [0.25, 0.3) is 5.91 Å². The molecule has 1 fully saturated rings. The third kappa shape index (κ3) is 4.03. The molecule has 0 aromatic heterocycles. The Bertz CT molecular complexity index is 682. The number of hydrazine groups is 1. The van der Waals surface area contributed by atoms with Crippen molar-refractivity contribution in [3.05, 3.63) is 71.3 Å². The highest BCUT2D eigenvalue weighted by atomic mass is 16.2. The number of hydrogen-bond donors (Lipinski definition) is 3. The first-order valence-electron chi connectivity index (χ1n) is 7.68. The third-order valence-corrected chi connectivity index (χ3v) is 3.89. The van der Waals surface area contributed by atoms with Crippen LogP contribution in [0.25, 0.3) is 0 Å². The number of carbonyl (C=O) groups excluding carboxylic acids is 1. The summed E-state index contributed by atoms with van der Waals surface area (Å²) in [7, 11) is 0. The lowest BCUT2D eigenvalue weighted by atomic mass is 10.0. The van der Waals surface area contributed by atoms with Crippen LogP contribution in [0.3, 0.4) is 0 Å². The Morgan fingerprint density at radius 3 is 2.61 bits per heavy atom. The van der Waals surface area contributed by atoms with Crippen LogP contribution in [0.2, 0.25) is 0 Å². The van der Waals surface area contributed by atoms with E-state index in [1.54, 1.807) is 6.21 Å². The quantitative estimate of drug-likeness (QED) is 0.598. The van der Waals surface area contributed by atoms with Gasteiger partial charge >= 0.3 is 0 Å². The summed E-state index contributed by atoms with van der Waals surface area (Å²) in [5.41, 5.74) is 12.1. The van der Waals surface area contributed by atoms with E-state index in [2.05, 4.69) is 33.5 Å². The smallest absolute Gasteiger partial charge is 0.258 e. The second-order valence-corrected chi connectivity index (χ2v) is 5.69. The molecular formula is C18H20N4O. The van der Waals surface area contributed by atoms with Crippen LogP contribution >= 0.6 is 0 Å². The van der Waals surface area contributed by atoms with Crippen LogP contribution < -0.4 is 16.3 Å². The number of nitrogens with one attached hydrogen (secondary N) is 3. The zero-order valence-electron chi connectivity index (χ0n) is 13.0. The third-order valence-electron chi connectivity index (χ3n) is 3.89. The highest BCUT2D eigenvalue weighted by Gasteiger charge is 2.29. The van der Waals surface area contributed by atoms with Crippen molar-refractivity contribution in [3.63, 3.8) is 0 Å². The molecule has 0 bridgehead atoms. The second-order valence-electron chi connectivity index (χ2n) is 5.69. The summed E-state index contributed by atoms with van der Waals surface area (Å²) in [5.74, 6) is -0.140. The van der Waals surface area contributed by atoms with E-state index >= 15 is 0 Å². The summed E-state index contributed by atoms with van der Waals surface area (Å²) in [6, 6.07) is 17.9. The number of amides is 1. The van der Waals surface area contributed by atoms with Crippen LogP contribution in [0.15, 0.2) is 59.7 Å². The molecule has 1 aliphatic rings. The highest BCUT2D eigenvalue weighted by molar-refractivity contribution is 5.85. The Balaban J connectivity index is 1.52. The van der Waals surface area contributed by atoms with Gasteiger partial charge in [0.1, 0.15) is 6.04 Å². The molecule has 3 N–H and O–H groups in total. The fourth-order valence-electron chi connectivity index (χ4n) is 2.53. The van der Waals surface area contributed by atoms with Crippen LogP contribution in [0.5, 0.6) is 0 Å². The Morgan fingerprint density at radius 1 is 1.13 bits per heavy atom. The summed E-state index contributed by atoms with van der Waals surface area (Å²) in [4.78, 5) is 12.1. The van der Waals surface area contributed by atoms with E-state index in [0.717, 1.165) is 5.56 Å². The highest BCUT2D eigenvalue weighted by Crippen LogP contribution is 2.21. The SMILES string of the molecule is Cc1ccc(/C=N/NC(=O)C2CC(c3ccccc3)NN2)cc1. The molecule has 5 heteroatoms. The van der Waals surface area contributed by atoms with Crippen LogP contribution in [0.1, 0.15) is 29.2 Å². The minimum atomic E-state index is -0.296. The number of hydrogen-bond acceptors (Lipinski definition) is 4. The zero-order valence-corrected chi connectivity index (χ0v) is 13.0. The number of nitrogens with zero attached hydrogens (tertiary/aromatic N) is 1. The van der Waals surface area contributed by atoms with Crippen molar-refractivity contribution < 1.29 is 4.79 Å². The molecular weight excluding hydrogens is 288 g/mol. The Kier molecular flexibility index (Phi) is 4.80. The van der Waals surface area contributed by atoms with Crippen LogP contribution in [0, 0.1) is 6.92 Å². The molecule has 0 spiro atoms. The molecule has 0 aliphatic carbocycles. The second kappa shape index (κ2) is 7.17. The first kappa shape index (κ1) is 15.4. The summed E-state index contributed by atoms with van der Waals surface area (Å²) >= 11 is 0. The van der Waals surface area contributed by atoms with Gasteiger partial charge in [0, 0.05) is 6.04 Å². The molecule has 0 saturated carbocycles. The van der Waals surface area contributed by atoms with Crippen molar-refractivity contribution >= 4 is 12.1 Å². The van der Waals surface area contributed by atoms with Gasteiger partial charge < -0.3 is 0 Å². The van der Waals surface area contributed by atoms with E-state index in [1.165, 1.54) is 11.1 Å². The van der Waals surface area contributed by atoms with Crippen molar-refractivity contribution in [1.29, 1.82) is 0 Å². The molecule has 5 nitrogen and oxygen atoms in total. The van der Waals surface area contributed by atoms with Gasteiger partial charge in [-0.1, -0.05) is 60.2 Å². The average molecular weight is 308 g/mol. The van der Waals surface area contributed by atoms with E-state index in [4.69, 9.17) is 0 Å².